The van der Waals surface area contributed by atoms with Gasteiger partial charge in [0.05, 0.1) is 10.6 Å². The second kappa shape index (κ2) is 3.67. The number of nitrogens with zero attached hydrogens (tertiary/aromatic N) is 1. The minimum absolute atomic E-state index is 0.346. The SMILES string of the molecule is O=[SH](=O)c1ccccc1-n1cccc1. The van der Waals surface area contributed by atoms with Crippen LogP contribution in [0.5, 0.6) is 0 Å². The van der Waals surface area contributed by atoms with E-state index < -0.39 is 10.7 Å². The maximum atomic E-state index is 10.9. The standard InChI is InChI=1S/C10H9NO2S/c12-14(13)10-6-2-1-5-9(10)11-7-3-4-8-11/h1-8,14H. The summed E-state index contributed by atoms with van der Waals surface area (Å²) >= 11 is 0. The molecule has 0 unspecified atom stereocenters. The molecule has 0 N–H and O–H groups in total. The maximum absolute atomic E-state index is 10.9. The second-order valence-electron chi connectivity index (χ2n) is 2.84. The molecule has 2 rings (SSSR count). The van der Waals surface area contributed by atoms with Crippen LogP contribution in [0.1, 0.15) is 0 Å². The third kappa shape index (κ3) is 1.56. The van der Waals surface area contributed by atoms with Crippen LogP contribution in [0.3, 0.4) is 0 Å². The first-order valence-corrected chi connectivity index (χ1v) is 5.33. The van der Waals surface area contributed by atoms with Gasteiger partial charge in [-0.05, 0) is 24.3 Å². The van der Waals surface area contributed by atoms with Crippen molar-refractivity contribution in [3.63, 3.8) is 0 Å². The van der Waals surface area contributed by atoms with E-state index in [-0.39, 0.29) is 0 Å². The zero-order chi connectivity index (χ0) is 9.97. The first-order valence-electron chi connectivity index (χ1n) is 4.16. The van der Waals surface area contributed by atoms with Crippen LogP contribution in [-0.4, -0.2) is 13.0 Å². The van der Waals surface area contributed by atoms with E-state index in [9.17, 15) is 8.42 Å². The summed E-state index contributed by atoms with van der Waals surface area (Å²) in [6, 6.07) is 10.6. The molecule has 0 radical (unpaired) electrons. The van der Waals surface area contributed by atoms with E-state index in [1.165, 1.54) is 0 Å². The number of aromatic nitrogens is 1. The van der Waals surface area contributed by atoms with E-state index in [1.54, 1.807) is 22.8 Å². The fraction of sp³-hybridized carbons (Fsp3) is 0. The lowest BCUT2D eigenvalue weighted by atomic mass is 10.3. The first kappa shape index (κ1) is 9.02. The molecule has 0 saturated heterocycles. The van der Waals surface area contributed by atoms with Gasteiger partial charge < -0.3 is 4.57 Å². The van der Waals surface area contributed by atoms with Crippen LogP contribution in [0, 0.1) is 0 Å². The van der Waals surface area contributed by atoms with Gasteiger partial charge in [0.25, 0.3) is 0 Å². The average molecular weight is 207 g/mol. The fourth-order valence-electron chi connectivity index (χ4n) is 1.33. The molecule has 0 aliphatic carbocycles. The Morgan fingerprint density at radius 2 is 1.57 bits per heavy atom. The minimum atomic E-state index is -2.54. The van der Waals surface area contributed by atoms with Crippen molar-refractivity contribution in [3.05, 3.63) is 48.8 Å². The van der Waals surface area contributed by atoms with Crippen molar-refractivity contribution in [2.45, 2.75) is 4.90 Å². The molecule has 0 bridgehead atoms. The highest BCUT2D eigenvalue weighted by molar-refractivity contribution is 7.72. The van der Waals surface area contributed by atoms with Crippen molar-refractivity contribution in [1.82, 2.24) is 4.57 Å². The summed E-state index contributed by atoms with van der Waals surface area (Å²) in [6.07, 6.45) is 3.63. The molecule has 1 heterocycles. The normalized spacial score (nSPS) is 10.6. The van der Waals surface area contributed by atoms with Crippen molar-refractivity contribution in [1.29, 1.82) is 0 Å². The van der Waals surface area contributed by atoms with Gasteiger partial charge in [-0.2, -0.15) is 0 Å². The Balaban J connectivity index is 2.64. The molecule has 0 fully saturated rings. The van der Waals surface area contributed by atoms with Crippen LogP contribution in [-0.2, 0) is 10.7 Å². The van der Waals surface area contributed by atoms with Gasteiger partial charge in [0, 0.05) is 12.4 Å². The summed E-state index contributed by atoms with van der Waals surface area (Å²) < 4.78 is 23.7. The quantitative estimate of drug-likeness (QED) is 0.757. The van der Waals surface area contributed by atoms with Gasteiger partial charge in [-0.25, -0.2) is 8.42 Å². The molecule has 1 aromatic heterocycles. The molecule has 0 atom stereocenters. The maximum Gasteiger partial charge on any atom is 0.170 e. The van der Waals surface area contributed by atoms with Crippen molar-refractivity contribution in [2.75, 3.05) is 0 Å². The van der Waals surface area contributed by atoms with E-state index in [4.69, 9.17) is 0 Å². The van der Waals surface area contributed by atoms with Crippen LogP contribution >= 0.6 is 0 Å². The summed E-state index contributed by atoms with van der Waals surface area (Å²) in [5, 5.41) is 0. The number of para-hydroxylation sites is 1. The predicted molar refractivity (Wildman–Crippen MR) is 54.3 cm³/mol. The van der Waals surface area contributed by atoms with E-state index in [0.717, 1.165) is 0 Å². The molecule has 14 heavy (non-hydrogen) atoms. The van der Waals surface area contributed by atoms with Crippen molar-refractivity contribution >= 4 is 10.7 Å². The Hall–Kier alpha value is -1.55. The molecular formula is C10H9NO2S. The lowest BCUT2D eigenvalue weighted by molar-refractivity contribution is 0.614. The predicted octanol–water partition coefficient (Wildman–Crippen LogP) is 1.45. The number of thiol groups is 1. The van der Waals surface area contributed by atoms with E-state index in [1.807, 2.05) is 30.6 Å². The molecule has 4 heteroatoms. The fourth-order valence-corrected chi connectivity index (χ4v) is 1.92. The smallest absolute Gasteiger partial charge is 0.170 e. The number of hydrogen-bond acceptors (Lipinski definition) is 2. The van der Waals surface area contributed by atoms with Crippen LogP contribution in [0.2, 0.25) is 0 Å². The molecule has 1 aromatic carbocycles. The van der Waals surface area contributed by atoms with Gasteiger partial charge in [-0.3, -0.25) is 0 Å². The van der Waals surface area contributed by atoms with Gasteiger partial charge >= 0.3 is 0 Å². The molecule has 72 valence electrons. The summed E-state index contributed by atoms with van der Waals surface area (Å²) in [5.74, 6) is 0. The number of hydrogen-bond donors (Lipinski definition) is 1. The topological polar surface area (TPSA) is 39.1 Å². The summed E-state index contributed by atoms with van der Waals surface area (Å²) in [6.45, 7) is 0. The Kier molecular flexibility index (Phi) is 2.37. The summed E-state index contributed by atoms with van der Waals surface area (Å²) in [4.78, 5) is 0.346. The highest BCUT2D eigenvalue weighted by Crippen LogP contribution is 2.15. The molecule has 2 aromatic rings. The highest BCUT2D eigenvalue weighted by Gasteiger charge is 2.03. The van der Waals surface area contributed by atoms with Gasteiger partial charge in [0.15, 0.2) is 10.7 Å². The first-order chi connectivity index (χ1) is 6.79. The van der Waals surface area contributed by atoms with Gasteiger partial charge in [-0.1, -0.05) is 12.1 Å². The Morgan fingerprint density at radius 3 is 2.21 bits per heavy atom. The Labute approximate surface area is 83.6 Å². The largest absolute Gasteiger partial charge is 0.323 e. The Morgan fingerprint density at radius 1 is 0.929 bits per heavy atom. The number of rotatable bonds is 2. The van der Waals surface area contributed by atoms with Gasteiger partial charge in [0.2, 0.25) is 0 Å². The zero-order valence-corrected chi connectivity index (χ0v) is 8.22. The van der Waals surface area contributed by atoms with Crippen LogP contribution in [0.4, 0.5) is 0 Å². The monoisotopic (exact) mass is 207 g/mol. The zero-order valence-electron chi connectivity index (χ0n) is 7.33. The lowest BCUT2D eigenvalue weighted by Crippen LogP contribution is -1.94. The van der Waals surface area contributed by atoms with Crippen molar-refractivity contribution in [3.8, 4) is 5.69 Å². The molecule has 0 amide bonds. The van der Waals surface area contributed by atoms with Crippen LogP contribution < -0.4 is 0 Å². The molecule has 0 aliphatic heterocycles. The second-order valence-corrected chi connectivity index (χ2v) is 3.83. The molecule has 0 aliphatic rings. The molecule has 0 spiro atoms. The third-order valence-electron chi connectivity index (χ3n) is 1.96. The van der Waals surface area contributed by atoms with Crippen molar-refractivity contribution < 1.29 is 8.42 Å². The lowest BCUT2D eigenvalue weighted by Gasteiger charge is -2.04. The molecule has 3 nitrogen and oxygen atoms in total. The highest BCUT2D eigenvalue weighted by atomic mass is 32.2. The molecule has 0 saturated carbocycles. The van der Waals surface area contributed by atoms with Crippen molar-refractivity contribution in [2.24, 2.45) is 0 Å². The number of benzene rings is 1. The Bertz CT molecular complexity index is 493. The van der Waals surface area contributed by atoms with Gasteiger partial charge in [-0.15, -0.1) is 0 Å². The van der Waals surface area contributed by atoms with E-state index in [2.05, 4.69) is 0 Å². The minimum Gasteiger partial charge on any atom is -0.323 e. The molecular weight excluding hydrogens is 198 g/mol. The summed E-state index contributed by atoms with van der Waals surface area (Å²) in [5.41, 5.74) is 0.689. The third-order valence-corrected chi connectivity index (χ3v) is 2.73. The average Bonchev–Trinajstić information content (AvgIpc) is 2.70. The van der Waals surface area contributed by atoms with Crippen LogP contribution in [0.15, 0.2) is 53.7 Å². The summed E-state index contributed by atoms with van der Waals surface area (Å²) in [7, 11) is -2.54. The van der Waals surface area contributed by atoms with E-state index in [0.29, 0.717) is 10.6 Å². The van der Waals surface area contributed by atoms with Crippen LogP contribution in [0.25, 0.3) is 5.69 Å². The van der Waals surface area contributed by atoms with Gasteiger partial charge in [0.1, 0.15) is 0 Å². The van der Waals surface area contributed by atoms with E-state index >= 15 is 0 Å².